The molecule has 1 aliphatic carbocycles. The van der Waals surface area contributed by atoms with E-state index in [2.05, 4.69) is 45.3 Å². The number of nitriles is 1. The number of halogens is 1. The molecule has 1 fully saturated rings. The molecule has 132 valence electrons. The molecule has 1 N–H and O–H groups in total. The van der Waals surface area contributed by atoms with Gasteiger partial charge < -0.3 is 9.74 Å². The first-order valence-corrected chi connectivity index (χ1v) is 12.0. The molecule has 0 aromatic heterocycles. The van der Waals surface area contributed by atoms with Crippen molar-refractivity contribution in [2.75, 3.05) is 5.32 Å². The van der Waals surface area contributed by atoms with Crippen LogP contribution in [0.2, 0.25) is 23.2 Å². The van der Waals surface area contributed by atoms with Gasteiger partial charge in [0.25, 0.3) is 0 Å². The van der Waals surface area contributed by atoms with Crippen LogP contribution in [-0.4, -0.2) is 20.5 Å². The fraction of sp³-hybridized carbons (Fsp3) is 0.632. The number of benzene rings is 1. The average molecular weight is 365 g/mol. The quantitative estimate of drug-likeness (QED) is 0.670. The molecule has 2 atom stereocenters. The molecule has 3 nitrogen and oxygen atoms in total. The van der Waals surface area contributed by atoms with Crippen LogP contribution in [0.1, 0.15) is 52.0 Å². The number of hydrogen-bond donors (Lipinski definition) is 1. The van der Waals surface area contributed by atoms with Gasteiger partial charge in [0, 0.05) is 17.8 Å². The standard InChI is InChI=1S/C19H29ClN2OSi/c1-19(2,3)24(4,5)23-17-8-6-7-15(11-17)22-16-10-9-14(13-21)18(20)12-16/h9-10,12,15,17,22H,6-8,11H2,1-5H3. The Balaban J connectivity index is 1.99. The second kappa shape index (κ2) is 7.47. The lowest BCUT2D eigenvalue weighted by atomic mass is 9.93. The summed E-state index contributed by atoms with van der Waals surface area (Å²) in [6, 6.07) is 8.05. The summed E-state index contributed by atoms with van der Waals surface area (Å²) in [6.45, 7) is 11.5. The first kappa shape index (κ1) is 19.3. The minimum Gasteiger partial charge on any atom is -0.414 e. The molecule has 2 rings (SSSR count). The van der Waals surface area contributed by atoms with Crippen LogP contribution in [0.3, 0.4) is 0 Å². The fourth-order valence-electron chi connectivity index (χ4n) is 2.91. The Labute approximate surface area is 152 Å². The van der Waals surface area contributed by atoms with Crippen molar-refractivity contribution in [2.45, 2.75) is 76.7 Å². The summed E-state index contributed by atoms with van der Waals surface area (Å²) >= 11 is 6.13. The number of rotatable bonds is 4. The maximum Gasteiger partial charge on any atom is 0.192 e. The zero-order valence-electron chi connectivity index (χ0n) is 15.4. The molecule has 1 aromatic carbocycles. The SMILES string of the molecule is CC(C)(C)[Si](C)(C)OC1CCCC(Nc2ccc(C#N)c(Cl)c2)C1. The summed E-state index contributed by atoms with van der Waals surface area (Å²) in [4.78, 5) is 0. The smallest absolute Gasteiger partial charge is 0.192 e. The topological polar surface area (TPSA) is 45.0 Å². The van der Waals surface area contributed by atoms with Crippen LogP contribution >= 0.6 is 11.6 Å². The Morgan fingerprint density at radius 2 is 2.00 bits per heavy atom. The minimum absolute atomic E-state index is 0.244. The highest BCUT2D eigenvalue weighted by atomic mass is 35.5. The Kier molecular flexibility index (Phi) is 6.01. The van der Waals surface area contributed by atoms with E-state index in [-0.39, 0.29) is 5.04 Å². The third-order valence-electron chi connectivity index (χ3n) is 5.35. The highest BCUT2D eigenvalue weighted by molar-refractivity contribution is 6.74. The molecule has 5 heteroatoms. The normalized spacial score (nSPS) is 22.0. The van der Waals surface area contributed by atoms with Gasteiger partial charge in [-0.1, -0.05) is 32.4 Å². The second-order valence-electron chi connectivity index (χ2n) is 8.31. The number of nitrogens with zero attached hydrogens (tertiary/aromatic N) is 1. The van der Waals surface area contributed by atoms with Crippen LogP contribution in [0.5, 0.6) is 0 Å². The molecule has 1 saturated carbocycles. The molecular formula is C19H29ClN2OSi. The first-order chi connectivity index (χ1) is 11.1. The lowest BCUT2D eigenvalue weighted by Gasteiger charge is -2.41. The van der Waals surface area contributed by atoms with E-state index in [0.717, 1.165) is 24.9 Å². The molecule has 2 unspecified atom stereocenters. The molecule has 0 aliphatic heterocycles. The monoisotopic (exact) mass is 364 g/mol. The van der Waals surface area contributed by atoms with Crippen molar-refractivity contribution in [3.05, 3.63) is 28.8 Å². The van der Waals surface area contributed by atoms with Gasteiger partial charge >= 0.3 is 0 Å². The Bertz CT molecular complexity index is 619. The van der Waals surface area contributed by atoms with E-state index in [4.69, 9.17) is 21.3 Å². The Hall–Kier alpha value is -1.02. The largest absolute Gasteiger partial charge is 0.414 e. The lowest BCUT2D eigenvalue weighted by molar-refractivity contribution is 0.132. The van der Waals surface area contributed by atoms with Crippen LogP contribution in [0.15, 0.2) is 18.2 Å². The highest BCUT2D eigenvalue weighted by Gasteiger charge is 2.40. The molecule has 0 bridgehead atoms. The van der Waals surface area contributed by atoms with Crippen LogP contribution < -0.4 is 5.32 Å². The molecule has 0 saturated heterocycles. The summed E-state index contributed by atoms with van der Waals surface area (Å²) < 4.78 is 6.60. The average Bonchev–Trinajstić information content (AvgIpc) is 2.46. The predicted octanol–water partition coefficient (Wildman–Crippen LogP) is 5.96. The fourth-order valence-corrected chi connectivity index (χ4v) is 4.53. The summed E-state index contributed by atoms with van der Waals surface area (Å²) in [5, 5.41) is 13.3. The van der Waals surface area contributed by atoms with Crippen molar-refractivity contribution in [2.24, 2.45) is 0 Å². The zero-order chi connectivity index (χ0) is 18.0. The van der Waals surface area contributed by atoms with E-state index in [9.17, 15) is 0 Å². The van der Waals surface area contributed by atoms with Crippen LogP contribution in [0.25, 0.3) is 0 Å². The number of nitrogens with one attached hydrogen (secondary N) is 1. The Morgan fingerprint density at radius 3 is 2.58 bits per heavy atom. The third kappa shape index (κ3) is 4.75. The number of hydrogen-bond acceptors (Lipinski definition) is 3. The minimum atomic E-state index is -1.72. The summed E-state index contributed by atoms with van der Waals surface area (Å²) in [7, 11) is -1.72. The predicted molar refractivity (Wildman–Crippen MR) is 104 cm³/mol. The molecule has 0 spiro atoms. The maximum absolute atomic E-state index is 8.97. The lowest BCUT2D eigenvalue weighted by Crippen LogP contribution is -2.46. The molecule has 24 heavy (non-hydrogen) atoms. The van der Waals surface area contributed by atoms with Crippen LogP contribution in [-0.2, 0) is 4.43 Å². The molecule has 1 aromatic rings. The van der Waals surface area contributed by atoms with Crippen molar-refractivity contribution in [1.82, 2.24) is 0 Å². The van der Waals surface area contributed by atoms with E-state index in [1.165, 1.54) is 6.42 Å². The van der Waals surface area contributed by atoms with Crippen LogP contribution in [0.4, 0.5) is 5.69 Å². The number of anilines is 1. The van der Waals surface area contributed by atoms with E-state index in [0.29, 0.717) is 22.7 Å². The van der Waals surface area contributed by atoms with Crippen molar-refractivity contribution >= 4 is 25.6 Å². The van der Waals surface area contributed by atoms with Crippen LogP contribution in [0, 0.1) is 11.3 Å². The molecule has 1 aliphatic rings. The van der Waals surface area contributed by atoms with Gasteiger partial charge in [0.15, 0.2) is 8.32 Å². The van der Waals surface area contributed by atoms with Gasteiger partial charge in [0.05, 0.1) is 10.6 Å². The van der Waals surface area contributed by atoms with E-state index in [1.54, 1.807) is 6.07 Å². The summed E-state index contributed by atoms with van der Waals surface area (Å²) in [5.74, 6) is 0. The van der Waals surface area contributed by atoms with Gasteiger partial charge in [0.2, 0.25) is 0 Å². The first-order valence-electron chi connectivity index (χ1n) is 8.76. The van der Waals surface area contributed by atoms with Gasteiger partial charge in [-0.3, -0.25) is 0 Å². The zero-order valence-corrected chi connectivity index (χ0v) is 17.2. The van der Waals surface area contributed by atoms with Crippen molar-refractivity contribution in [3.63, 3.8) is 0 Å². The van der Waals surface area contributed by atoms with Gasteiger partial charge in [-0.25, -0.2) is 0 Å². The van der Waals surface area contributed by atoms with E-state index < -0.39 is 8.32 Å². The highest BCUT2D eigenvalue weighted by Crippen LogP contribution is 2.39. The van der Waals surface area contributed by atoms with Gasteiger partial charge in [-0.15, -0.1) is 0 Å². The van der Waals surface area contributed by atoms with E-state index >= 15 is 0 Å². The Morgan fingerprint density at radius 1 is 1.29 bits per heavy atom. The maximum atomic E-state index is 8.97. The molecule has 0 heterocycles. The third-order valence-corrected chi connectivity index (χ3v) is 10.2. The summed E-state index contributed by atoms with van der Waals surface area (Å²) in [6.07, 6.45) is 4.85. The second-order valence-corrected chi connectivity index (χ2v) is 13.5. The molecule has 0 amide bonds. The van der Waals surface area contributed by atoms with Gasteiger partial charge in [-0.05, 0) is 62.0 Å². The van der Waals surface area contributed by atoms with Crippen molar-refractivity contribution < 1.29 is 4.43 Å². The summed E-state index contributed by atoms with van der Waals surface area (Å²) in [5.41, 5.74) is 1.50. The van der Waals surface area contributed by atoms with Gasteiger partial charge in [0.1, 0.15) is 6.07 Å². The molecular weight excluding hydrogens is 336 g/mol. The molecule has 0 radical (unpaired) electrons. The van der Waals surface area contributed by atoms with Gasteiger partial charge in [-0.2, -0.15) is 5.26 Å². The van der Waals surface area contributed by atoms with Crippen molar-refractivity contribution in [3.8, 4) is 6.07 Å². The van der Waals surface area contributed by atoms with E-state index in [1.807, 2.05) is 12.1 Å². The van der Waals surface area contributed by atoms with Crippen molar-refractivity contribution in [1.29, 1.82) is 5.26 Å².